The van der Waals surface area contributed by atoms with Gasteiger partial charge >= 0.3 is 6.18 Å². The molecule has 0 aliphatic carbocycles. The molecule has 0 rings (SSSR count). The van der Waals surface area contributed by atoms with Crippen LogP contribution in [0.1, 0.15) is 145 Å². The van der Waals surface area contributed by atoms with Gasteiger partial charge in [0.05, 0.1) is 17.3 Å². The van der Waals surface area contributed by atoms with E-state index in [-0.39, 0.29) is 40.0 Å². The third-order valence-corrected chi connectivity index (χ3v) is 7.89. The van der Waals surface area contributed by atoms with E-state index in [1.54, 1.807) is 14.0 Å². The monoisotopic (exact) mass is 607 g/mol. The Hall–Kier alpha value is -0.410. The highest BCUT2D eigenvalue weighted by atomic mass is 19.4. The average molecular weight is 607 g/mol. The highest BCUT2D eigenvalue weighted by Gasteiger charge is 2.56. The van der Waals surface area contributed by atoms with Crippen molar-refractivity contribution in [2.75, 3.05) is 13.7 Å². The number of hydrogen-bond donors (Lipinski definition) is 4. The number of halogens is 3. The Balaban J connectivity index is -0.000000134. The summed E-state index contributed by atoms with van der Waals surface area (Å²) in [5.41, 5.74) is -4.03. The first-order valence-corrected chi connectivity index (χ1v) is 14.4. The maximum Gasteiger partial charge on any atom is 0.417 e. The summed E-state index contributed by atoms with van der Waals surface area (Å²) in [5, 5.41) is 35.7. The number of ether oxygens (including phenoxy) is 1. The summed E-state index contributed by atoms with van der Waals surface area (Å²) in [6.07, 6.45) is -4.77. The molecule has 2 atom stereocenters. The maximum absolute atomic E-state index is 12.1. The average Bonchev–Trinajstić information content (AvgIpc) is 2.64. The van der Waals surface area contributed by atoms with Gasteiger partial charge in [0, 0.05) is 13.7 Å². The summed E-state index contributed by atoms with van der Waals surface area (Å²) in [7, 11) is 1.76. The number of rotatable bonds is 1. The van der Waals surface area contributed by atoms with Crippen LogP contribution < -0.4 is 0 Å². The SMILES string of the molecule is CC(C)(C)C(C)(C)O.CC(C)(C)C(C)(O)C(F)(F)F.CC(C)(C)CO.CC(O)C(C)(C)C.COC(C)(C)C(C)(C)C. The zero-order valence-corrected chi connectivity index (χ0v) is 31.1. The zero-order valence-electron chi connectivity index (χ0n) is 31.1. The molecule has 0 bridgehead atoms. The Labute approximate surface area is 253 Å². The molecule has 256 valence electrons. The van der Waals surface area contributed by atoms with Crippen LogP contribution in [0.2, 0.25) is 0 Å². The van der Waals surface area contributed by atoms with E-state index in [4.69, 9.17) is 20.1 Å². The largest absolute Gasteiger partial charge is 0.417 e. The van der Waals surface area contributed by atoms with Crippen LogP contribution in [0.15, 0.2) is 0 Å². The predicted octanol–water partition coefficient (Wildman–Crippen LogP) is 9.04. The van der Waals surface area contributed by atoms with Crippen molar-refractivity contribution in [3.8, 4) is 0 Å². The highest BCUT2D eigenvalue weighted by Crippen LogP contribution is 2.42. The van der Waals surface area contributed by atoms with Crippen LogP contribution >= 0.6 is 0 Å². The summed E-state index contributed by atoms with van der Waals surface area (Å²) in [6.45, 7) is 39.4. The molecular formula is C33H73F3O5. The molecule has 0 aromatic carbocycles. The molecule has 4 N–H and O–H groups in total. The minimum atomic E-state index is -4.56. The Bertz CT molecular complexity index is 626. The standard InChI is InChI=1S/C8H18O.C7H13F3O.C7H16O.C6H14O.C5H12O/c1-7(2,3)8(4,5)9-6;1-5(2,3)6(4,11)7(8,9)10;1-6(2,3)7(4,5)8;1-5(7)6(2,3)4;1-5(2,3)4-6/h1-6H3;11H,1-4H3;8H,1-5H3;5,7H,1-4H3;6H,4H2,1-3H3. The van der Waals surface area contributed by atoms with Gasteiger partial charge in [-0.2, -0.15) is 13.2 Å². The van der Waals surface area contributed by atoms with E-state index in [1.807, 2.05) is 76.2 Å². The second-order valence-electron chi connectivity index (χ2n) is 17.4. The summed E-state index contributed by atoms with van der Waals surface area (Å²) in [4.78, 5) is 0. The van der Waals surface area contributed by atoms with E-state index in [1.165, 1.54) is 20.8 Å². The molecule has 0 aliphatic heterocycles. The van der Waals surface area contributed by atoms with Gasteiger partial charge in [-0.15, -0.1) is 0 Å². The molecule has 0 amide bonds. The van der Waals surface area contributed by atoms with E-state index in [0.717, 1.165) is 6.92 Å². The quantitative estimate of drug-likeness (QED) is 0.239. The number of hydrogen-bond acceptors (Lipinski definition) is 5. The summed E-state index contributed by atoms with van der Waals surface area (Å²) >= 11 is 0. The Kier molecular flexibility index (Phi) is 21.0. The second kappa shape index (κ2) is 17.2. The van der Waals surface area contributed by atoms with Crippen molar-refractivity contribution in [1.82, 2.24) is 0 Å². The minimum Gasteiger partial charge on any atom is -0.396 e. The van der Waals surface area contributed by atoms with Gasteiger partial charge in [0.15, 0.2) is 5.60 Å². The first-order valence-electron chi connectivity index (χ1n) is 14.4. The van der Waals surface area contributed by atoms with E-state index in [9.17, 15) is 18.3 Å². The van der Waals surface area contributed by atoms with Crippen molar-refractivity contribution in [1.29, 1.82) is 0 Å². The Morgan fingerprint density at radius 1 is 0.585 bits per heavy atom. The zero-order chi connectivity index (χ0) is 35.5. The lowest BCUT2D eigenvalue weighted by molar-refractivity contribution is -0.286. The third-order valence-electron chi connectivity index (χ3n) is 7.89. The van der Waals surface area contributed by atoms with Gasteiger partial charge in [-0.3, -0.25) is 0 Å². The van der Waals surface area contributed by atoms with Crippen LogP contribution in [0.5, 0.6) is 0 Å². The first-order chi connectivity index (χ1) is 17.1. The lowest BCUT2D eigenvalue weighted by Gasteiger charge is -2.38. The molecule has 0 aliphatic rings. The third kappa shape index (κ3) is 24.7. The van der Waals surface area contributed by atoms with Gasteiger partial charge in [0.1, 0.15) is 0 Å². The molecule has 0 radical (unpaired) electrons. The molecule has 0 heterocycles. The van der Waals surface area contributed by atoms with Crippen molar-refractivity contribution in [2.45, 2.75) is 174 Å². The molecule has 0 saturated carbocycles. The molecule has 41 heavy (non-hydrogen) atoms. The van der Waals surface area contributed by atoms with Crippen molar-refractivity contribution in [3.05, 3.63) is 0 Å². The van der Waals surface area contributed by atoms with Crippen LogP contribution in [0.25, 0.3) is 0 Å². The van der Waals surface area contributed by atoms with Gasteiger partial charge < -0.3 is 25.2 Å². The van der Waals surface area contributed by atoms with Crippen LogP contribution in [0.4, 0.5) is 13.2 Å². The van der Waals surface area contributed by atoms with Gasteiger partial charge in [0.25, 0.3) is 0 Å². The van der Waals surface area contributed by atoms with E-state index in [0.29, 0.717) is 0 Å². The molecule has 2 unspecified atom stereocenters. The first kappa shape index (κ1) is 50.2. The van der Waals surface area contributed by atoms with Gasteiger partial charge in [0.2, 0.25) is 0 Å². The van der Waals surface area contributed by atoms with Crippen molar-refractivity contribution in [3.63, 3.8) is 0 Å². The second-order valence-corrected chi connectivity index (χ2v) is 17.4. The van der Waals surface area contributed by atoms with Crippen molar-refractivity contribution in [2.24, 2.45) is 27.1 Å². The number of alkyl halides is 3. The molecular weight excluding hydrogens is 533 g/mol. The molecule has 5 nitrogen and oxygen atoms in total. The van der Waals surface area contributed by atoms with E-state index in [2.05, 4.69) is 34.6 Å². The fraction of sp³-hybridized carbons (Fsp3) is 1.00. The lowest BCUT2D eigenvalue weighted by Crippen LogP contribution is -2.52. The molecule has 0 aromatic rings. The van der Waals surface area contributed by atoms with Crippen molar-refractivity contribution < 1.29 is 38.3 Å². The van der Waals surface area contributed by atoms with Crippen LogP contribution in [-0.4, -0.2) is 63.2 Å². The number of aliphatic hydroxyl groups excluding tert-OH is 2. The molecule has 0 aromatic heterocycles. The van der Waals surface area contributed by atoms with Crippen LogP contribution in [0, 0.1) is 27.1 Å². The normalized spacial score (nSPS) is 15.7. The summed E-state index contributed by atoms with van der Waals surface area (Å²) < 4.78 is 41.5. The Morgan fingerprint density at radius 3 is 0.805 bits per heavy atom. The fourth-order valence-corrected chi connectivity index (χ4v) is 0.731. The van der Waals surface area contributed by atoms with Gasteiger partial charge in [-0.25, -0.2) is 0 Å². The molecule has 0 spiro atoms. The summed E-state index contributed by atoms with van der Waals surface area (Å²) in [5.74, 6) is 0. The topological polar surface area (TPSA) is 90.2 Å². The maximum atomic E-state index is 12.1. The molecule has 8 heteroatoms. The smallest absolute Gasteiger partial charge is 0.396 e. The fourth-order valence-electron chi connectivity index (χ4n) is 0.731. The van der Waals surface area contributed by atoms with Crippen LogP contribution in [-0.2, 0) is 4.74 Å². The van der Waals surface area contributed by atoms with Crippen molar-refractivity contribution >= 4 is 0 Å². The predicted molar refractivity (Wildman–Crippen MR) is 170 cm³/mol. The number of aliphatic hydroxyl groups is 4. The van der Waals surface area contributed by atoms with Gasteiger partial charge in [-0.05, 0) is 68.6 Å². The van der Waals surface area contributed by atoms with Gasteiger partial charge in [-0.1, -0.05) is 104 Å². The lowest BCUT2D eigenvalue weighted by atomic mass is 9.77. The van der Waals surface area contributed by atoms with E-state index < -0.39 is 22.8 Å². The van der Waals surface area contributed by atoms with E-state index >= 15 is 0 Å². The highest BCUT2D eigenvalue weighted by molar-refractivity contribution is 4.92. The minimum absolute atomic E-state index is 0.00694. The van der Waals surface area contributed by atoms with Crippen LogP contribution in [0.3, 0.4) is 0 Å². The Morgan fingerprint density at radius 2 is 0.805 bits per heavy atom. The molecule has 0 fully saturated rings. The summed E-state index contributed by atoms with van der Waals surface area (Å²) in [6, 6.07) is 0. The number of methoxy groups -OCH3 is 1. The molecule has 0 saturated heterocycles.